The zero-order valence-corrected chi connectivity index (χ0v) is 8.16. The lowest BCUT2D eigenvalue weighted by Gasteiger charge is -2.10. The van der Waals surface area contributed by atoms with Gasteiger partial charge in [-0.15, -0.1) is 0 Å². The van der Waals surface area contributed by atoms with Crippen LogP contribution in [0.15, 0.2) is 12.4 Å². The molecule has 0 saturated heterocycles. The summed E-state index contributed by atoms with van der Waals surface area (Å²) in [4.78, 5) is 4.01. The van der Waals surface area contributed by atoms with E-state index < -0.39 is 6.43 Å². The molecule has 0 radical (unpaired) electrons. The molecule has 80 valence electrons. The average Bonchev–Trinajstić information content (AvgIpc) is 2.52. The molecular weight excluding hydrogens is 188 g/mol. The van der Waals surface area contributed by atoms with Crippen LogP contribution in [0.2, 0.25) is 0 Å². The molecule has 0 aliphatic rings. The molecule has 14 heavy (non-hydrogen) atoms. The molecule has 0 aromatic carbocycles. The number of alkyl halides is 2. The van der Waals surface area contributed by atoms with Crippen LogP contribution in [0.3, 0.4) is 0 Å². The van der Waals surface area contributed by atoms with Crippen molar-refractivity contribution >= 4 is 0 Å². The van der Waals surface area contributed by atoms with Crippen LogP contribution in [0.25, 0.3) is 0 Å². The van der Waals surface area contributed by atoms with Gasteiger partial charge in [-0.2, -0.15) is 0 Å². The van der Waals surface area contributed by atoms with Crippen molar-refractivity contribution in [3.05, 3.63) is 18.2 Å². The van der Waals surface area contributed by atoms with Crippen LogP contribution in [0.5, 0.6) is 0 Å². The maximum Gasteiger partial charge on any atom is 0.256 e. The van der Waals surface area contributed by atoms with Gasteiger partial charge in [-0.05, 0) is 6.42 Å². The summed E-state index contributed by atoms with van der Waals surface area (Å²) < 4.78 is 25.7. The molecule has 0 fully saturated rings. The average molecular weight is 203 g/mol. The van der Waals surface area contributed by atoms with Crippen LogP contribution < -0.4 is 5.73 Å². The summed E-state index contributed by atoms with van der Waals surface area (Å²) in [5.74, 6) is 0.639. The Kier molecular flexibility index (Phi) is 4.00. The van der Waals surface area contributed by atoms with Gasteiger partial charge in [0.25, 0.3) is 6.43 Å². The maximum absolute atomic E-state index is 12.1. The third-order valence-electron chi connectivity index (χ3n) is 2.11. The molecule has 0 spiro atoms. The van der Waals surface area contributed by atoms with E-state index in [-0.39, 0.29) is 12.6 Å². The summed E-state index contributed by atoms with van der Waals surface area (Å²) in [6.07, 6.45) is 2.11. The molecule has 1 atom stereocenters. The fraction of sp³-hybridized carbons (Fsp3) is 0.667. The van der Waals surface area contributed by atoms with Crippen LogP contribution in [0, 0.1) is 0 Å². The van der Waals surface area contributed by atoms with Gasteiger partial charge in [-0.3, -0.25) is 0 Å². The monoisotopic (exact) mass is 203 g/mol. The molecule has 1 aromatic rings. The van der Waals surface area contributed by atoms with E-state index in [1.807, 2.05) is 6.92 Å². The second-order valence-electron chi connectivity index (χ2n) is 3.26. The Labute approximate surface area is 81.9 Å². The number of aromatic nitrogens is 2. The van der Waals surface area contributed by atoms with Crippen LogP contribution in [0.1, 0.15) is 19.2 Å². The smallest absolute Gasteiger partial charge is 0.256 e. The minimum Gasteiger partial charge on any atom is -0.329 e. The van der Waals surface area contributed by atoms with Gasteiger partial charge >= 0.3 is 0 Å². The summed E-state index contributed by atoms with van der Waals surface area (Å²) in [6, 6.07) is -0.00572. The van der Waals surface area contributed by atoms with Crippen molar-refractivity contribution in [1.82, 2.24) is 9.55 Å². The summed E-state index contributed by atoms with van der Waals surface area (Å²) in [5, 5.41) is 0. The number of halogens is 2. The predicted octanol–water partition coefficient (Wildman–Crippen LogP) is 1.43. The number of rotatable bonds is 5. The molecule has 0 amide bonds. The lowest BCUT2D eigenvalue weighted by Crippen LogP contribution is -2.24. The number of hydrogen-bond acceptors (Lipinski definition) is 2. The van der Waals surface area contributed by atoms with Gasteiger partial charge in [0.15, 0.2) is 0 Å². The molecule has 5 heteroatoms. The van der Waals surface area contributed by atoms with Gasteiger partial charge in [0.2, 0.25) is 0 Å². The summed E-state index contributed by atoms with van der Waals surface area (Å²) in [7, 11) is 0. The molecule has 1 unspecified atom stereocenters. The van der Waals surface area contributed by atoms with Gasteiger partial charge in [-0.1, -0.05) is 6.92 Å². The van der Waals surface area contributed by atoms with E-state index in [9.17, 15) is 8.78 Å². The predicted molar refractivity (Wildman–Crippen MR) is 50.2 cm³/mol. The first-order valence-corrected chi connectivity index (χ1v) is 4.67. The minimum absolute atomic E-state index is 0.00572. The third kappa shape index (κ3) is 3.06. The normalized spacial score (nSPS) is 13.5. The van der Waals surface area contributed by atoms with E-state index in [2.05, 4.69) is 4.98 Å². The summed E-state index contributed by atoms with van der Waals surface area (Å²) in [5.41, 5.74) is 5.72. The fourth-order valence-corrected chi connectivity index (χ4v) is 1.22. The van der Waals surface area contributed by atoms with Crippen molar-refractivity contribution in [2.45, 2.75) is 38.8 Å². The van der Waals surface area contributed by atoms with Crippen LogP contribution in [-0.4, -0.2) is 22.0 Å². The number of nitrogens with zero attached hydrogens (tertiary/aromatic N) is 2. The van der Waals surface area contributed by atoms with Gasteiger partial charge < -0.3 is 10.3 Å². The molecule has 1 aromatic heterocycles. The molecule has 0 aliphatic heterocycles. The van der Waals surface area contributed by atoms with Gasteiger partial charge in [0, 0.05) is 24.9 Å². The van der Waals surface area contributed by atoms with Gasteiger partial charge in [0.1, 0.15) is 5.82 Å². The largest absolute Gasteiger partial charge is 0.329 e. The second-order valence-corrected chi connectivity index (χ2v) is 3.26. The van der Waals surface area contributed by atoms with Crippen molar-refractivity contribution in [2.24, 2.45) is 5.73 Å². The maximum atomic E-state index is 12.1. The molecule has 1 heterocycles. The van der Waals surface area contributed by atoms with E-state index in [0.717, 1.165) is 6.42 Å². The first kappa shape index (κ1) is 11.1. The van der Waals surface area contributed by atoms with E-state index >= 15 is 0 Å². The Morgan fingerprint density at radius 1 is 1.57 bits per heavy atom. The standard InChI is InChI=1S/C9H15F2N3/c1-2-7(12)5-9-13-3-4-14(9)6-8(10)11/h3-4,7-8H,2,5-6,12H2,1H3. The summed E-state index contributed by atoms with van der Waals surface area (Å²) >= 11 is 0. The van der Waals surface area contributed by atoms with Crippen LogP contribution in [-0.2, 0) is 13.0 Å². The number of imidazole rings is 1. The molecule has 0 bridgehead atoms. The topological polar surface area (TPSA) is 43.8 Å². The Bertz CT molecular complexity index is 273. The van der Waals surface area contributed by atoms with Crippen molar-refractivity contribution in [3.8, 4) is 0 Å². The van der Waals surface area contributed by atoms with Crippen molar-refractivity contribution in [1.29, 1.82) is 0 Å². The molecular formula is C9H15F2N3. The molecule has 1 rings (SSSR count). The highest BCUT2D eigenvalue weighted by Crippen LogP contribution is 2.06. The Morgan fingerprint density at radius 3 is 2.86 bits per heavy atom. The zero-order valence-electron chi connectivity index (χ0n) is 8.16. The Morgan fingerprint density at radius 2 is 2.29 bits per heavy atom. The summed E-state index contributed by atoms with van der Waals surface area (Å²) in [6.45, 7) is 1.66. The fourth-order valence-electron chi connectivity index (χ4n) is 1.22. The molecule has 2 N–H and O–H groups in total. The number of hydrogen-bond donors (Lipinski definition) is 1. The quantitative estimate of drug-likeness (QED) is 0.786. The van der Waals surface area contributed by atoms with E-state index in [1.165, 1.54) is 10.8 Å². The Hall–Kier alpha value is -0.970. The first-order valence-electron chi connectivity index (χ1n) is 4.67. The van der Waals surface area contributed by atoms with Crippen LogP contribution >= 0.6 is 0 Å². The molecule has 0 saturated carbocycles. The first-order chi connectivity index (χ1) is 6.63. The minimum atomic E-state index is -2.35. The lowest BCUT2D eigenvalue weighted by molar-refractivity contribution is 0.125. The van der Waals surface area contributed by atoms with E-state index in [0.29, 0.717) is 12.2 Å². The Balaban J connectivity index is 2.62. The van der Waals surface area contributed by atoms with Crippen molar-refractivity contribution in [2.75, 3.05) is 0 Å². The highest BCUT2D eigenvalue weighted by atomic mass is 19.3. The second kappa shape index (κ2) is 5.05. The lowest BCUT2D eigenvalue weighted by atomic mass is 10.1. The van der Waals surface area contributed by atoms with Crippen molar-refractivity contribution in [3.63, 3.8) is 0 Å². The highest BCUT2D eigenvalue weighted by molar-refractivity contribution is 4.95. The molecule has 3 nitrogen and oxygen atoms in total. The molecule has 0 aliphatic carbocycles. The van der Waals surface area contributed by atoms with Crippen molar-refractivity contribution < 1.29 is 8.78 Å². The van der Waals surface area contributed by atoms with Gasteiger partial charge in [-0.25, -0.2) is 13.8 Å². The van der Waals surface area contributed by atoms with Crippen LogP contribution in [0.4, 0.5) is 8.78 Å². The van der Waals surface area contributed by atoms with E-state index in [4.69, 9.17) is 5.73 Å². The van der Waals surface area contributed by atoms with E-state index in [1.54, 1.807) is 6.20 Å². The SMILES string of the molecule is CCC(N)Cc1nccn1CC(F)F. The third-order valence-corrected chi connectivity index (χ3v) is 2.11. The van der Waals surface area contributed by atoms with Gasteiger partial charge in [0.05, 0.1) is 6.54 Å². The number of nitrogens with two attached hydrogens (primary N) is 1. The zero-order chi connectivity index (χ0) is 10.6. The highest BCUT2D eigenvalue weighted by Gasteiger charge is 2.10.